The molecule has 0 aromatic heterocycles. The van der Waals surface area contributed by atoms with Crippen molar-refractivity contribution in [2.24, 2.45) is 0 Å². The van der Waals surface area contributed by atoms with E-state index in [1.54, 1.807) is 12.1 Å². The van der Waals surface area contributed by atoms with Gasteiger partial charge >= 0.3 is 0 Å². The number of rotatable bonds is 4. The third-order valence-corrected chi connectivity index (χ3v) is 7.68. The maximum absolute atomic E-state index is 12.9. The van der Waals surface area contributed by atoms with Crippen LogP contribution in [0.5, 0.6) is 0 Å². The van der Waals surface area contributed by atoms with E-state index in [1.807, 2.05) is 43.3 Å². The van der Waals surface area contributed by atoms with Crippen LogP contribution in [0, 0.1) is 6.92 Å². The molecule has 5 nitrogen and oxygen atoms in total. The van der Waals surface area contributed by atoms with Crippen LogP contribution in [-0.4, -0.2) is 45.5 Å². The van der Waals surface area contributed by atoms with E-state index in [2.05, 4.69) is 33.7 Å². The van der Waals surface area contributed by atoms with Crippen LogP contribution in [0.3, 0.4) is 0 Å². The Labute approximate surface area is 184 Å². The third-order valence-electron chi connectivity index (χ3n) is 6.30. The van der Waals surface area contributed by atoms with Crippen LogP contribution in [0.25, 0.3) is 10.8 Å². The van der Waals surface area contributed by atoms with E-state index in [4.69, 9.17) is 0 Å². The van der Waals surface area contributed by atoms with Crippen molar-refractivity contribution in [2.75, 3.05) is 29.8 Å². The molecule has 0 saturated carbocycles. The first-order valence-corrected chi connectivity index (χ1v) is 11.5. The van der Waals surface area contributed by atoms with Gasteiger partial charge in [-0.1, -0.05) is 42.0 Å². The Bertz CT molecular complexity index is 1180. The molecule has 3 aromatic rings. The average molecular weight is 444 g/mol. The number of anilines is 2. The third kappa shape index (κ3) is 3.53. The predicted octanol–water partition coefficient (Wildman–Crippen LogP) is 4.26. The molecule has 3 aromatic carbocycles. The Hall–Kier alpha value is -2.28. The van der Waals surface area contributed by atoms with Gasteiger partial charge in [-0.15, -0.1) is 12.4 Å². The zero-order valence-electron chi connectivity index (χ0n) is 17.1. The van der Waals surface area contributed by atoms with E-state index in [1.165, 1.54) is 12.1 Å². The summed E-state index contributed by atoms with van der Waals surface area (Å²) >= 11 is 0. The number of fused-ring (bicyclic) bond motifs is 3. The molecule has 0 amide bonds. The van der Waals surface area contributed by atoms with Crippen LogP contribution < -0.4 is 9.62 Å². The highest BCUT2D eigenvalue weighted by molar-refractivity contribution is 7.92. The van der Waals surface area contributed by atoms with Gasteiger partial charge in [0.05, 0.1) is 10.6 Å². The molecule has 0 aliphatic carbocycles. The Balaban J connectivity index is 0.00000218. The van der Waals surface area contributed by atoms with Gasteiger partial charge in [0.1, 0.15) is 0 Å². The Morgan fingerprint density at radius 1 is 0.900 bits per heavy atom. The molecule has 2 unspecified atom stereocenters. The summed E-state index contributed by atoms with van der Waals surface area (Å²) in [6.45, 7) is 4.05. The van der Waals surface area contributed by atoms with E-state index in [9.17, 15) is 8.42 Å². The van der Waals surface area contributed by atoms with Crippen molar-refractivity contribution in [2.45, 2.75) is 30.3 Å². The molecule has 0 radical (unpaired) electrons. The van der Waals surface area contributed by atoms with Gasteiger partial charge in [0.15, 0.2) is 0 Å². The molecule has 2 saturated heterocycles. The lowest BCUT2D eigenvalue weighted by molar-refractivity contribution is 0.293. The molecule has 158 valence electrons. The normalized spacial score (nSPS) is 21.1. The number of nitrogens with zero attached hydrogens (tertiary/aromatic N) is 2. The fraction of sp³-hybridized carbons (Fsp3) is 0.304. The number of likely N-dealkylation sites (tertiary alicyclic amines) is 1. The maximum atomic E-state index is 12.9. The zero-order valence-corrected chi connectivity index (χ0v) is 18.7. The summed E-state index contributed by atoms with van der Waals surface area (Å²) < 4.78 is 28.6. The minimum atomic E-state index is -3.64. The molecule has 2 aliphatic heterocycles. The minimum absolute atomic E-state index is 0. The molecule has 0 spiro atoms. The lowest BCUT2D eigenvalue weighted by Crippen LogP contribution is -2.44. The van der Waals surface area contributed by atoms with Gasteiger partial charge in [0.25, 0.3) is 10.0 Å². The van der Waals surface area contributed by atoms with Crippen molar-refractivity contribution in [1.29, 1.82) is 0 Å². The number of piperazine rings is 1. The van der Waals surface area contributed by atoms with Gasteiger partial charge < -0.3 is 4.90 Å². The van der Waals surface area contributed by atoms with Crippen LogP contribution >= 0.6 is 12.4 Å². The summed E-state index contributed by atoms with van der Waals surface area (Å²) in [7, 11) is -1.44. The fourth-order valence-electron chi connectivity index (χ4n) is 4.70. The number of nitrogens with one attached hydrogen (secondary N) is 1. The van der Waals surface area contributed by atoms with Crippen LogP contribution in [0.2, 0.25) is 0 Å². The molecule has 2 atom stereocenters. The SMILES string of the molecule is Cc1ccc(S(=O)(=O)Nc2ccc(N3CC4CC3CN4C)c3ccccc23)cc1.Cl. The number of benzene rings is 3. The zero-order chi connectivity index (χ0) is 20.2. The van der Waals surface area contributed by atoms with Crippen molar-refractivity contribution >= 4 is 44.6 Å². The summed E-state index contributed by atoms with van der Waals surface area (Å²) in [5.41, 5.74) is 2.84. The monoisotopic (exact) mass is 443 g/mol. The molecule has 5 rings (SSSR count). The molecule has 2 aliphatic rings. The van der Waals surface area contributed by atoms with Crippen LogP contribution in [0.1, 0.15) is 12.0 Å². The van der Waals surface area contributed by atoms with Crippen LogP contribution in [-0.2, 0) is 10.0 Å². The second kappa shape index (κ2) is 7.76. The van der Waals surface area contributed by atoms with Crippen molar-refractivity contribution in [3.63, 3.8) is 0 Å². The van der Waals surface area contributed by atoms with Gasteiger partial charge in [0.2, 0.25) is 0 Å². The van der Waals surface area contributed by atoms with Crippen LogP contribution in [0.4, 0.5) is 11.4 Å². The summed E-state index contributed by atoms with van der Waals surface area (Å²) in [5, 5.41) is 2.02. The average Bonchev–Trinajstić information content (AvgIpc) is 3.28. The molecule has 2 heterocycles. The van der Waals surface area contributed by atoms with Crippen molar-refractivity contribution in [1.82, 2.24) is 4.90 Å². The van der Waals surface area contributed by atoms with Crippen molar-refractivity contribution in [3.8, 4) is 0 Å². The molecular formula is C23H26ClN3O2S. The first kappa shape index (κ1) is 21.0. The quantitative estimate of drug-likeness (QED) is 0.654. The summed E-state index contributed by atoms with van der Waals surface area (Å²) in [6, 6.07) is 20.1. The highest BCUT2D eigenvalue weighted by Crippen LogP contribution is 2.39. The standard InChI is InChI=1S/C23H25N3O2S.ClH/c1-16-7-9-19(10-8-16)29(27,28)24-22-11-12-23(21-6-4-3-5-20(21)22)26-15-17-13-18(26)14-25(17)2;/h3-12,17-18,24H,13-15H2,1-2H3;1H. The second-order valence-corrected chi connectivity index (χ2v) is 9.91. The van der Waals surface area contributed by atoms with Crippen LogP contribution in [0.15, 0.2) is 65.6 Å². The topological polar surface area (TPSA) is 52.7 Å². The fourth-order valence-corrected chi connectivity index (χ4v) is 5.78. The second-order valence-electron chi connectivity index (χ2n) is 8.23. The van der Waals surface area contributed by atoms with E-state index in [0.29, 0.717) is 17.8 Å². The van der Waals surface area contributed by atoms with Gasteiger partial charge in [-0.3, -0.25) is 9.62 Å². The largest absolute Gasteiger partial charge is 0.365 e. The summed E-state index contributed by atoms with van der Waals surface area (Å²) in [4.78, 5) is 5.20. The molecule has 30 heavy (non-hydrogen) atoms. The van der Waals surface area contributed by atoms with Gasteiger partial charge in [0, 0.05) is 41.6 Å². The highest BCUT2D eigenvalue weighted by Gasteiger charge is 2.41. The molecule has 2 fully saturated rings. The molecule has 7 heteroatoms. The van der Waals surface area contributed by atoms with E-state index < -0.39 is 10.0 Å². The number of halogens is 1. The number of hydrogen-bond acceptors (Lipinski definition) is 4. The van der Waals surface area contributed by atoms with Gasteiger partial charge in [-0.2, -0.15) is 0 Å². The molecular weight excluding hydrogens is 418 g/mol. The highest BCUT2D eigenvalue weighted by atomic mass is 35.5. The number of likely N-dealkylation sites (N-methyl/N-ethyl adjacent to an activating group) is 1. The summed E-state index contributed by atoms with van der Waals surface area (Å²) in [5.74, 6) is 0. The van der Waals surface area contributed by atoms with Gasteiger partial charge in [-0.05, 0) is 44.7 Å². The number of hydrogen-bond donors (Lipinski definition) is 1. The minimum Gasteiger partial charge on any atom is -0.365 e. The number of sulfonamides is 1. The predicted molar refractivity (Wildman–Crippen MR) is 125 cm³/mol. The Morgan fingerprint density at radius 3 is 2.23 bits per heavy atom. The van der Waals surface area contributed by atoms with Crippen molar-refractivity contribution < 1.29 is 8.42 Å². The molecule has 2 bridgehead atoms. The first-order valence-electron chi connectivity index (χ1n) is 10.0. The molecule has 1 N–H and O–H groups in total. The van der Waals surface area contributed by atoms with E-state index in [0.717, 1.165) is 29.4 Å². The summed E-state index contributed by atoms with van der Waals surface area (Å²) in [6.07, 6.45) is 1.20. The number of aryl methyl sites for hydroxylation is 1. The smallest absolute Gasteiger partial charge is 0.261 e. The lowest BCUT2D eigenvalue weighted by Gasteiger charge is -2.34. The van der Waals surface area contributed by atoms with Crippen molar-refractivity contribution in [3.05, 3.63) is 66.2 Å². The first-order chi connectivity index (χ1) is 13.9. The lowest BCUT2D eigenvalue weighted by atomic mass is 10.1. The Kier molecular flexibility index (Phi) is 5.43. The van der Waals surface area contributed by atoms with E-state index in [-0.39, 0.29) is 17.3 Å². The van der Waals surface area contributed by atoms with E-state index >= 15 is 0 Å². The maximum Gasteiger partial charge on any atom is 0.261 e. The Morgan fingerprint density at radius 2 is 1.60 bits per heavy atom. The van der Waals surface area contributed by atoms with Gasteiger partial charge in [-0.25, -0.2) is 8.42 Å².